The molecular formula is C25H30N4O. The summed E-state index contributed by atoms with van der Waals surface area (Å²) < 4.78 is 2.35. The van der Waals surface area contributed by atoms with Crippen molar-refractivity contribution in [1.82, 2.24) is 14.5 Å². The van der Waals surface area contributed by atoms with Gasteiger partial charge in [0.1, 0.15) is 0 Å². The molecule has 1 fully saturated rings. The van der Waals surface area contributed by atoms with E-state index >= 15 is 0 Å². The number of fused-ring (bicyclic) bond motifs is 2. The predicted octanol–water partition coefficient (Wildman–Crippen LogP) is 4.25. The average molecular weight is 403 g/mol. The molecule has 3 heterocycles. The van der Waals surface area contributed by atoms with Crippen LogP contribution in [-0.4, -0.2) is 40.0 Å². The Kier molecular flexibility index (Phi) is 5.19. The van der Waals surface area contributed by atoms with Crippen molar-refractivity contribution in [3.05, 3.63) is 59.7 Å². The van der Waals surface area contributed by atoms with E-state index in [9.17, 15) is 4.79 Å². The fourth-order valence-corrected chi connectivity index (χ4v) is 5.02. The lowest BCUT2D eigenvalue weighted by atomic mass is 9.93. The number of carbonyl (C=O) groups excluding carboxylic acids is 1. The highest BCUT2D eigenvalue weighted by Crippen LogP contribution is 2.29. The van der Waals surface area contributed by atoms with E-state index in [1.165, 1.54) is 16.6 Å². The summed E-state index contributed by atoms with van der Waals surface area (Å²) in [7, 11) is 0. The molecule has 2 aromatic carbocycles. The molecule has 5 heteroatoms. The molecule has 5 rings (SSSR count). The first-order chi connectivity index (χ1) is 14.7. The Morgan fingerprint density at radius 3 is 2.53 bits per heavy atom. The molecule has 30 heavy (non-hydrogen) atoms. The van der Waals surface area contributed by atoms with Crippen molar-refractivity contribution in [2.24, 2.45) is 5.92 Å². The van der Waals surface area contributed by atoms with Crippen molar-refractivity contribution < 1.29 is 4.79 Å². The van der Waals surface area contributed by atoms with Crippen LogP contribution >= 0.6 is 0 Å². The molecule has 3 aromatic rings. The van der Waals surface area contributed by atoms with E-state index in [4.69, 9.17) is 4.98 Å². The second kappa shape index (κ2) is 8.13. The van der Waals surface area contributed by atoms with Gasteiger partial charge in [-0.15, -0.1) is 0 Å². The van der Waals surface area contributed by atoms with Gasteiger partial charge in [-0.2, -0.15) is 0 Å². The monoisotopic (exact) mass is 402 g/mol. The number of amides is 1. The highest BCUT2D eigenvalue weighted by Gasteiger charge is 2.31. The Balaban J connectivity index is 1.27. The third-order valence-corrected chi connectivity index (χ3v) is 6.65. The van der Waals surface area contributed by atoms with Crippen LogP contribution in [0.15, 0.2) is 48.5 Å². The third kappa shape index (κ3) is 3.47. The summed E-state index contributed by atoms with van der Waals surface area (Å²) in [5.74, 6) is 1.54. The summed E-state index contributed by atoms with van der Waals surface area (Å²) in [5, 5.41) is 0. The Labute approximate surface area is 178 Å². The van der Waals surface area contributed by atoms with Crippen molar-refractivity contribution in [3.63, 3.8) is 0 Å². The van der Waals surface area contributed by atoms with Gasteiger partial charge in [0.05, 0.1) is 11.0 Å². The molecule has 0 atom stereocenters. The van der Waals surface area contributed by atoms with Crippen molar-refractivity contribution in [3.8, 4) is 0 Å². The second-order valence-electron chi connectivity index (χ2n) is 8.59. The van der Waals surface area contributed by atoms with Gasteiger partial charge >= 0.3 is 0 Å². The first-order valence-electron chi connectivity index (χ1n) is 11.3. The average Bonchev–Trinajstić information content (AvgIpc) is 3.17. The van der Waals surface area contributed by atoms with E-state index in [1.54, 1.807) is 0 Å². The zero-order valence-electron chi connectivity index (χ0n) is 17.8. The van der Waals surface area contributed by atoms with Gasteiger partial charge in [-0.25, -0.2) is 4.98 Å². The number of anilines is 1. The molecule has 5 nitrogen and oxygen atoms in total. The molecule has 2 aliphatic heterocycles. The largest absolute Gasteiger partial charge is 0.342 e. The van der Waals surface area contributed by atoms with Crippen LogP contribution in [0.4, 0.5) is 5.95 Å². The number of para-hydroxylation sites is 2. The van der Waals surface area contributed by atoms with E-state index in [2.05, 4.69) is 69.8 Å². The first kappa shape index (κ1) is 19.2. The van der Waals surface area contributed by atoms with Crippen LogP contribution in [0.5, 0.6) is 0 Å². The zero-order chi connectivity index (χ0) is 20.5. The lowest BCUT2D eigenvalue weighted by molar-refractivity contribution is -0.137. The maximum Gasteiger partial charge on any atom is 0.226 e. The number of piperidine rings is 1. The minimum absolute atomic E-state index is 0.135. The number of carbonyl (C=O) groups is 1. The molecule has 1 amide bonds. The van der Waals surface area contributed by atoms with Crippen LogP contribution in [0.25, 0.3) is 11.0 Å². The minimum atomic E-state index is 0.135. The molecule has 0 unspecified atom stereocenters. The minimum Gasteiger partial charge on any atom is -0.342 e. The highest BCUT2D eigenvalue weighted by atomic mass is 16.2. The predicted molar refractivity (Wildman–Crippen MR) is 121 cm³/mol. The zero-order valence-corrected chi connectivity index (χ0v) is 17.8. The number of rotatable bonds is 4. The molecule has 0 bridgehead atoms. The summed E-state index contributed by atoms with van der Waals surface area (Å²) in [6.45, 7) is 6.59. The van der Waals surface area contributed by atoms with Gasteiger partial charge in [0.25, 0.3) is 0 Å². The molecule has 1 aromatic heterocycles. The highest BCUT2D eigenvalue weighted by molar-refractivity contribution is 5.80. The van der Waals surface area contributed by atoms with Gasteiger partial charge in [-0.1, -0.05) is 43.3 Å². The number of hydrogen-bond donors (Lipinski definition) is 0. The quantitative estimate of drug-likeness (QED) is 0.655. The lowest BCUT2D eigenvalue weighted by Gasteiger charge is -2.36. The fraction of sp³-hybridized carbons (Fsp3) is 0.440. The SMILES string of the molecule is CCCn1c(N2CCC(C(=O)N3CCc4ccccc4C3)CC2)nc2ccccc21. The number of aryl methyl sites for hydroxylation is 1. The molecule has 1 saturated heterocycles. The molecule has 156 valence electrons. The Hall–Kier alpha value is -2.82. The van der Waals surface area contributed by atoms with Gasteiger partial charge in [0.2, 0.25) is 11.9 Å². The van der Waals surface area contributed by atoms with Crippen LogP contribution in [0, 0.1) is 5.92 Å². The Morgan fingerprint density at radius 1 is 1.00 bits per heavy atom. The maximum absolute atomic E-state index is 13.2. The van der Waals surface area contributed by atoms with Gasteiger partial charge in [-0.05, 0) is 48.9 Å². The van der Waals surface area contributed by atoms with Gasteiger partial charge in [0, 0.05) is 38.6 Å². The number of hydrogen-bond acceptors (Lipinski definition) is 3. The van der Waals surface area contributed by atoms with Crippen LogP contribution in [0.1, 0.15) is 37.3 Å². The van der Waals surface area contributed by atoms with E-state index in [-0.39, 0.29) is 5.92 Å². The van der Waals surface area contributed by atoms with Gasteiger partial charge < -0.3 is 14.4 Å². The van der Waals surface area contributed by atoms with Crippen molar-refractivity contribution in [2.75, 3.05) is 24.5 Å². The van der Waals surface area contributed by atoms with Crippen LogP contribution in [0.2, 0.25) is 0 Å². The van der Waals surface area contributed by atoms with Gasteiger partial charge in [-0.3, -0.25) is 4.79 Å². The number of aromatic nitrogens is 2. The summed E-state index contributed by atoms with van der Waals surface area (Å²) in [4.78, 5) is 22.6. The molecule has 0 saturated carbocycles. The van der Waals surface area contributed by atoms with Crippen LogP contribution in [-0.2, 0) is 24.3 Å². The van der Waals surface area contributed by atoms with Gasteiger partial charge in [0.15, 0.2) is 0 Å². The second-order valence-corrected chi connectivity index (χ2v) is 8.59. The summed E-state index contributed by atoms with van der Waals surface area (Å²) in [6.07, 6.45) is 3.87. The normalized spacial score (nSPS) is 17.4. The molecule has 2 aliphatic rings. The van der Waals surface area contributed by atoms with E-state index < -0.39 is 0 Å². The van der Waals surface area contributed by atoms with Crippen LogP contribution in [0.3, 0.4) is 0 Å². The van der Waals surface area contributed by atoms with E-state index in [1.807, 2.05) is 0 Å². The smallest absolute Gasteiger partial charge is 0.226 e. The third-order valence-electron chi connectivity index (χ3n) is 6.65. The molecule has 0 spiro atoms. The number of imidazole rings is 1. The van der Waals surface area contributed by atoms with E-state index in [0.717, 1.165) is 69.9 Å². The molecule has 0 radical (unpaired) electrons. The first-order valence-corrected chi connectivity index (χ1v) is 11.3. The molecule has 0 aliphatic carbocycles. The van der Waals surface area contributed by atoms with E-state index in [0.29, 0.717) is 5.91 Å². The number of benzene rings is 2. The maximum atomic E-state index is 13.2. The standard InChI is InChI=1S/C25H30N4O/c1-2-14-29-23-10-6-5-9-22(23)26-25(29)27-15-12-20(13-16-27)24(30)28-17-11-19-7-3-4-8-21(19)18-28/h3-10,20H,2,11-18H2,1H3. The van der Waals surface area contributed by atoms with Crippen molar-refractivity contribution >= 4 is 22.9 Å². The number of nitrogens with zero attached hydrogens (tertiary/aromatic N) is 4. The summed E-state index contributed by atoms with van der Waals surface area (Å²) in [6, 6.07) is 16.9. The molecule has 0 N–H and O–H groups in total. The van der Waals surface area contributed by atoms with Crippen LogP contribution < -0.4 is 4.90 Å². The Morgan fingerprint density at radius 2 is 1.73 bits per heavy atom. The summed E-state index contributed by atoms with van der Waals surface area (Å²) in [5.41, 5.74) is 4.97. The van der Waals surface area contributed by atoms with Crippen molar-refractivity contribution in [2.45, 2.75) is 45.7 Å². The Bertz CT molecular complexity index is 1050. The molecular weight excluding hydrogens is 372 g/mol. The fourth-order valence-electron chi connectivity index (χ4n) is 5.02. The summed E-state index contributed by atoms with van der Waals surface area (Å²) >= 11 is 0. The van der Waals surface area contributed by atoms with Crippen molar-refractivity contribution in [1.29, 1.82) is 0 Å². The topological polar surface area (TPSA) is 41.4 Å². The lowest BCUT2D eigenvalue weighted by Crippen LogP contribution is -2.44.